The number of anilines is 1. The number of hydrogen-bond acceptors (Lipinski definition) is 4. The minimum atomic E-state index is -3.54. The average Bonchev–Trinajstić information content (AvgIpc) is 2.37. The fourth-order valence-electron chi connectivity index (χ4n) is 1.42. The standard InChI is InChI=1S/C11H16FN3O3S/c1-2-3-6-19(17,18)15-10-5-4-8(12)7-9(10)11(13)14-16/h4-5,7,15-16H,2-3,6H2,1H3,(H2,13,14). The SMILES string of the molecule is CCCCS(=O)(=O)Nc1ccc(F)cc1/C(N)=N/O. The molecule has 0 fully saturated rings. The Kier molecular flexibility index (Phi) is 5.11. The first-order chi connectivity index (χ1) is 8.89. The van der Waals surface area contributed by atoms with E-state index in [1.165, 1.54) is 6.07 Å². The van der Waals surface area contributed by atoms with Gasteiger partial charge in [0.1, 0.15) is 5.82 Å². The third kappa shape index (κ3) is 4.40. The lowest BCUT2D eigenvalue weighted by atomic mass is 10.1. The molecule has 4 N–H and O–H groups in total. The number of oxime groups is 1. The molecule has 0 heterocycles. The van der Waals surface area contributed by atoms with E-state index in [1.54, 1.807) is 0 Å². The summed E-state index contributed by atoms with van der Waals surface area (Å²) in [5.41, 5.74) is 5.45. The first-order valence-electron chi connectivity index (χ1n) is 5.67. The van der Waals surface area contributed by atoms with E-state index in [0.717, 1.165) is 18.6 Å². The van der Waals surface area contributed by atoms with Gasteiger partial charge in [0.15, 0.2) is 5.84 Å². The molecule has 0 saturated carbocycles. The second-order valence-electron chi connectivity index (χ2n) is 3.95. The van der Waals surface area contributed by atoms with Crippen LogP contribution in [0.4, 0.5) is 10.1 Å². The minimum Gasteiger partial charge on any atom is -0.409 e. The monoisotopic (exact) mass is 289 g/mol. The van der Waals surface area contributed by atoms with Gasteiger partial charge in [-0.2, -0.15) is 0 Å². The maximum atomic E-state index is 13.1. The predicted molar refractivity (Wildman–Crippen MR) is 71.2 cm³/mol. The fourth-order valence-corrected chi connectivity index (χ4v) is 2.71. The Labute approximate surface area is 111 Å². The van der Waals surface area contributed by atoms with Crippen LogP contribution in [0.3, 0.4) is 0 Å². The normalized spacial score (nSPS) is 12.4. The zero-order valence-corrected chi connectivity index (χ0v) is 11.2. The van der Waals surface area contributed by atoms with Gasteiger partial charge in [0.05, 0.1) is 11.4 Å². The molecule has 1 rings (SSSR count). The van der Waals surface area contributed by atoms with Crippen LogP contribution in [-0.2, 0) is 10.0 Å². The number of nitrogens with two attached hydrogens (primary N) is 1. The predicted octanol–water partition coefficient (Wildman–Crippen LogP) is 1.46. The van der Waals surface area contributed by atoms with E-state index in [2.05, 4.69) is 9.88 Å². The van der Waals surface area contributed by atoms with Gasteiger partial charge >= 0.3 is 0 Å². The molecule has 19 heavy (non-hydrogen) atoms. The Morgan fingerprint density at radius 2 is 2.21 bits per heavy atom. The molecule has 1 aromatic carbocycles. The van der Waals surface area contributed by atoms with Gasteiger partial charge in [0, 0.05) is 5.56 Å². The molecule has 8 heteroatoms. The van der Waals surface area contributed by atoms with E-state index in [0.29, 0.717) is 6.42 Å². The molecule has 0 aliphatic heterocycles. The first kappa shape index (κ1) is 15.2. The van der Waals surface area contributed by atoms with Crippen molar-refractivity contribution in [2.45, 2.75) is 19.8 Å². The number of rotatable bonds is 6. The molecule has 0 spiro atoms. The third-order valence-corrected chi connectivity index (χ3v) is 3.75. The zero-order valence-electron chi connectivity index (χ0n) is 10.4. The molecule has 0 aromatic heterocycles. The van der Waals surface area contributed by atoms with Crippen LogP contribution in [-0.4, -0.2) is 25.2 Å². The quantitative estimate of drug-likeness (QED) is 0.319. The average molecular weight is 289 g/mol. The van der Waals surface area contributed by atoms with Gasteiger partial charge in [-0.25, -0.2) is 12.8 Å². The second-order valence-corrected chi connectivity index (χ2v) is 5.79. The number of nitrogens with one attached hydrogen (secondary N) is 1. The number of amidine groups is 1. The highest BCUT2D eigenvalue weighted by Crippen LogP contribution is 2.18. The van der Waals surface area contributed by atoms with Gasteiger partial charge < -0.3 is 10.9 Å². The summed E-state index contributed by atoms with van der Waals surface area (Å²) in [5.74, 6) is -1.03. The van der Waals surface area contributed by atoms with E-state index in [9.17, 15) is 12.8 Å². The van der Waals surface area contributed by atoms with Crippen LogP contribution in [0.5, 0.6) is 0 Å². The third-order valence-electron chi connectivity index (χ3n) is 2.40. The molecule has 0 radical (unpaired) electrons. The molecule has 0 aliphatic rings. The number of unbranched alkanes of at least 4 members (excludes halogenated alkanes) is 1. The number of benzene rings is 1. The summed E-state index contributed by atoms with van der Waals surface area (Å²) in [6.45, 7) is 1.87. The van der Waals surface area contributed by atoms with Crippen LogP contribution in [0.1, 0.15) is 25.3 Å². The van der Waals surface area contributed by atoms with Crippen LogP contribution in [0.25, 0.3) is 0 Å². The first-order valence-corrected chi connectivity index (χ1v) is 7.32. The fraction of sp³-hybridized carbons (Fsp3) is 0.364. The molecular weight excluding hydrogens is 273 g/mol. The highest BCUT2D eigenvalue weighted by molar-refractivity contribution is 7.92. The Hall–Kier alpha value is -1.83. The van der Waals surface area contributed by atoms with Crippen LogP contribution >= 0.6 is 0 Å². The summed E-state index contributed by atoms with van der Waals surface area (Å²) in [5, 5.41) is 11.4. The molecule has 106 valence electrons. The molecular formula is C11H16FN3O3S. The Morgan fingerprint density at radius 1 is 1.53 bits per heavy atom. The minimum absolute atomic E-state index is 0.0115. The highest BCUT2D eigenvalue weighted by Gasteiger charge is 2.15. The molecule has 0 saturated heterocycles. The molecule has 1 aromatic rings. The number of halogens is 1. The summed E-state index contributed by atoms with van der Waals surface area (Å²) >= 11 is 0. The number of sulfonamides is 1. The largest absolute Gasteiger partial charge is 0.409 e. The van der Waals surface area contributed by atoms with Crippen LogP contribution < -0.4 is 10.5 Å². The molecule has 0 bridgehead atoms. The van der Waals surface area contributed by atoms with E-state index < -0.39 is 15.8 Å². The van der Waals surface area contributed by atoms with Crippen molar-refractivity contribution in [1.82, 2.24) is 0 Å². The lowest BCUT2D eigenvalue weighted by molar-refractivity contribution is 0.318. The Bertz CT molecular complexity index is 573. The van der Waals surface area contributed by atoms with Crippen molar-refractivity contribution in [1.29, 1.82) is 0 Å². The molecule has 0 amide bonds. The van der Waals surface area contributed by atoms with Gasteiger partial charge in [-0.15, -0.1) is 0 Å². The molecule has 0 atom stereocenters. The smallest absolute Gasteiger partial charge is 0.232 e. The Morgan fingerprint density at radius 3 is 2.79 bits per heavy atom. The van der Waals surface area contributed by atoms with E-state index in [4.69, 9.17) is 10.9 Å². The van der Waals surface area contributed by atoms with E-state index >= 15 is 0 Å². The number of nitrogens with zero attached hydrogens (tertiary/aromatic N) is 1. The van der Waals surface area contributed by atoms with Gasteiger partial charge in [0.25, 0.3) is 0 Å². The maximum absolute atomic E-state index is 13.1. The van der Waals surface area contributed by atoms with Crippen molar-refractivity contribution in [3.63, 3.8) is 0 Å². The van der Waals surface area contributed by atoms with E-state index in [1.807, 2.05) is 6.92 Å². The zero-order chi connectivity index (χ0) is 14.5. The Balaban J connectivity index is 3.08. The van der Waals surface area contributed by atoms with Crippen molar-refractivity contribution in [3.05, 3.63) is 29.6 Å². The lowest BCUT2D eigenvalue weighted by Crippen LogP contribution is -2.21. The second kappa shape index (κ2) is 6.37. The van der Waals surface area contributed by atoms with Crippen LogP contribution in [0, 0.1) is 5.82 Å². The molecule has 6 nitrogen and oxygen atoms in total. The van der Waals surface area contributed by atoms with Gasteiger partial charge in [0.2, 0.25) is 10.0 Å². The van der Waals surface area contributed by atoms with Crippen molar-refractivity contribution in [2.75, 3.05) is 10.5 Å². The van der Waals surface area contributed by atoms with Crippen molar-refractivity contribution in [2.24, 2.45) is 10.9 Å². The van der Waals surface area contributed by atoms with Gasteiger partial charge in [-0.05, 0) is 24.6 Å². The van der Waals surface area contributed by atoms with Crippen molar-refractivity contribution < 1.29 is 18.0 Å². The maximum Gasteiger partial charge on any atom is 0.232 e. The van der Waals surface area contributed by atoms with Gasteiger partial charge in [-0.3, -0.25) is 4.72 Å². The van der Waals surface area contributed by atoms with Crippen molar-refractivity contribution >= 4 is 21.5 Å². The highest BCUT2D eigenvalue weighted by atomic mass is 32.2. The van der Waals surface area contributed by atoms with Crippen LogP contribution in [0.2, 0.25) is 0 Å². The van der Waals surface area contributed by atoms with Crippen LogP contribution in [0.15, 0.2) is 23.4 Å². The summed E-state index contributed by atoms with van der Waals surface area (Å²) in [7, 11) is -3.54. The molecule has 0 unspecified atom stereocenters. The number of hydrogen-bond donors (Lipinski definition) is 3. The topological polar surface area (TPSA) is 105 Å². The van der Waals surface area contributed by atoms with Gasteiger partial charge in [-0.1, -0.05) is 18.5 Å². The summed E-state index contributed by atoms with van der Waals surface area (Å²) < 4.78 is 38.9. The lowest BCUT2D eigenvalue weighted by Gasteiger charge is -2.11. The summed E-state index contributed by atoms with van der Waals surface area (Å²) in [6.07, 6.45) is 1.24. The summed E-state index contributed by atoms with van der Waals surface area (Å²) in [6, 6.07) is 3.31. The summed E-state index contributed by atoms with van der Waals surface area (Å²) in [4.78, 5) is 0. The molecule has 0 aliphatic carbocycles. The van der Waals surface area contributed by atoms with E-state index in [-0.39, 0.29) is 22.8 Å². The van der Waals surface area contributed by atoms with Crippen molar-refractivity contribution in [3.8, 4) is 0 Å².